The van der Waals surface area contributed by atoms with Crippen LogP contribution < -0.4 is 10.1 Å². The van der Waals surface area contributed by atoms with Crippen LogP contribution in [0.15, 0.2) is 84.9 Å². The van der Waals surface area contributed by atoms with Gasteiger partial charge >= 0.3 is 0 Å². The Morgan fingerprint density at radius 1 is 0.750 bits per heavy atom. The topological polar surface area (TPSA) is 60.0 Å². The highest BCUT2D eigenvalue weighted by Gasteiger charge is 2.36. The van der Waals surface area contributed by atoms with Crippen LogP contribution in [0, 0.1) is 0 Å². The summed E-state index contributed by atoms with van der Waals surface area (Å²) in [5.41, 5.74) is 2.82. The monoisotopic (exact) mass is 620 g/mol. The van der Waals surface area contributed by atoms with Crippen LogP contribution in [0.25, 0.3) is 0 Å². The highest BCUT2D eigenvalue weighted by molar-refractivity contribution is 7.44. The second-order valence-corrected chi connectivity index (χ2v) is 13.5. The lowest BCUT2D eigenvalue weighted by Gasteiger charge is -2.36. The van der Waals surface area contributed by atoms with Gasteiger partial charge in [-0.25, -0.2) is 4.67 Å². The van der Waals surface area contributed by atoms with E-state index in [0.29, 0.717) is 31.7 Å². The fraction of sp³-hybridized carbons (Fsp3) is 0.486. The molecule has 0 aliphatic rings. The molecule has 7 heteroatoms. The smallest absolute Gasteiger partial charge is 0.259 e. The molecule has 240 valence electrons. The van der Waals surface area contributed by atoms with Crippen molar-refractivity contribution in [3.8, 4) is 5.75 Å². The van der Waals surface area contributed by atoms with Crippen LogP contribution in [0.3, 0.4) is 0 Å². The average molecular weight is 621 g/mol. The van der Waals surface area contributed by atoms with Crippen molar-refractivity contribution in [2.45, 2.75) is 97.2 Å². The summed E-state index contributed by atoms with van der Waals surface area (Å²) in [4.78, 5) is 13.2. The molecule has 0 aliphatic carbocycles. The highest BCUT2D eigenvalue weighted by Crippen LogP contribution is 2.47. The average Bonchev–Trinajstić information content (AvgIpc) is 3.01. The maximum atomic E-state index is 13.2. The van der Waals surface area contributed by atoms with Gasteiger partial charge in [0.15, 0.2) is 0 Å². The van der Waals surface area contributed by atoms with Gasteiger partial charge in [0, 0.05) is 25.0 Å². The van der Waals surface area contributed by atoms with Crippen molar-refractivity contribution in [2.75, 3.05) is 20.3 Å². The maximum absolute atomic E-state index is 13.2. The molecule has 0 radical (unpaired) electrons. The van der Waals surface area contributed by atoms with Crippen LogP contribution in [0.1, 0.15) is 90.3 Å². The number of hydrogen-bond acceptors (Lipinski definition) is 5. The maximum Gasteiger partial charge on any atom is 0.259 e. The predicted molar refractivity (Wildman–Crippen MR) is 183 cm³/mol. The summed E-state index contributed by atoms with van der Waals surface area (Å²) in [5, 5.41) is 3.30. The number of nitrogens with one attached hydrogen (secondary N) is 1. The Kier molecular flexibility index (Phi) is 14.8. The number of rotatable bonds is 19. The molecule has 0 aliphatic heterocycles. The second-order valence-electron chi connectivity index (χ2n) is 12.1. The van der Waals surface area contributed by atoms with Crippen LogP contribution in [-0.2, 0) is 19.3 Å². The van der Waals surface area contributed by atoms with Gasteiger partial charge in [0.05, 0.1) is 25.2 Å². The Morgan fingerprint density at radius 2 is 1.27 bits per heavy atom. The zero-order valence-electron chi connectivity index (χ0n) is 27.8. The van der Waals surface area contributed by atoms with Crippen molar-refractivity contribution >= 4 is 14.4 Å². The van der Waals surface area contributed by atoms with Gasteiger partial charge in [-0.2, -0.15) is 0 Å². The number of ether oxygens (including phenoxy) is 1. The van der Waals surface area contributed by atoms with Gasteiger partial charge in [-0.05, 0) is 83.2 Å². The van der Waals surface area contributed by atoms with E-state index in [4.69, 9.17) is 13.8 Å². The first-order chi connectivity index (χ1) is 21.2. The molecule has 1 atom stereocenters. The first-order valence-corrected chi connectivity index (χ1v) is 17.2. The van der Waals surface area contributed by atoms with Gasteiger partial charge < -0.3 is 19.1 Å². The van der Waals surface area contributed by atoms with E-state index in [2.05, 4.69) is 112 Å². The standard InChI is InChI=1S/C37H53N2O4P/c1-29(2)39(30(3)4)44(43-31(5)6)42-27-17-9-8-16-22-36(40)38-28-37(32-18-12-10-13-19-32,33-20-14-11-15-21-33)34-23-25-35(41-7)26-24-34/h10-15,18-21,23-26,29-31H,8-9,16-17,22,27-28H2,1-7H3,(H,38,40). The number of amides is 1. The molecule has 0 heterocycles. The molecule has 1 unspecified atom stereocenters. The van der Waals surface area contributed by atoms with Crippen LogP contribution in [0.5, 0.6) is 5.75 Å². The summed E-state index contributed by atoms with van der Waals surface area (Å²) >= 11 is 0. The number of methoxy groups -OCH3 is 1. The van der Waals surface area contributed by atoms with Crippen molar-refractivity contribution in [1.29, 1.82) is 0 Å². The summed E-state index contributed by atoms with van der Waals surface area (Å²) in [6.45, 7) is 14.0. The number of carbonyl (C=O) groups is 1. The third-order valence-corrected chi connectivity index (χ3v) is 10.0. The molecule has 3 aromatic rings. The molecule has 0 bridgehead atoms. The lowest BCUT2D eigenvalue weighted by atomic mass is 9.69. The Labute approximate surface area is 267 Å². The molecule has 44 heavy (non-hydrogen) atoms. The Morgan fingerprint density at radius 3 is 1.77 bits per heavy atom. The molecule has 6 nitrogen and oxygen atoms in total. The van der Waals surface area contributed by atoms with E-state index in [1.54, 1.807) is 7.11 Å². The number of benzene rings is 3. The van der Waals surface area contributed by atoms with Gasteiger partial charge in [-0.3, -0.25) is 4.79 Å². The highest BCUT2D eigenvalue weighted by atomic mass is 31.2. The third kappa shape index (κ3) is 10.1. The number of nitrogens with zero attached hydrogens (tertiary/aromatic N) is 1. The van der Waals surface area contributed by atoms with Gasteiger partial charge in [-0.15, -0.1) is 0 Å². The van der Waals surface area contributed by atoms with Crippen molar-refractivity contribution in [3.05, 3.63) is 102 Å². The molecule has 0 saturated heterocycles. The molecular weight excluding hydrogens is 567 g/mol. The Balaban J connectivity index is 1.59. The van der Waals surface area contributed by atoms with E-state index in [1.165, 1.54) is 0 Å². The van der Waals surface area contributed by atoms with Crippen molar-refractivity contribution in [3.63, 3.8) is 0 Å². The first-order valence-electron chi connectivity index (χ1n) is 16.1. The van der Waals surface area contributed by atoms with Crippen LogP contribution in [-0.4, -0.2) is 49.0 Å². The van der Waals surface area contributed by atoms with E-state index < -0.39 is 13.9 Å². The van der Waals surface area contributed by atoms with E-state index in [1.807, 2.05) is 24.3 Å². The molecule has 1 N–H and O–H groups in total. The fourth-order valence-electron chi connectivity index (χ4n) is 5.64. The minimum atomic E-state index is -1.09. The number of unbranched alkanes of at least 4 members (excludes halogenated alkanes) is 3. The zero-order chi connectivity index (χ0) is 32.0. The minimum Gasteiger partial charge on any atom is -0.497 e. The SMILES string of the molecule is COc1ccc(C(CNC(=O)CCCCCCOP(OC(C)C)N(C(C)C)C(C)C)(c2ccccc2)c2ccccc2)cc1. The third-order valence-electron chi connectivity index (χ3n) is 7.71. The summed E-state index contributed by atoms with van der Waals surface area (Å²) in [7, 11) is 0.584. The quantitative estimate of drug-likeness (QED) is 0.0824. The molecule has 0 spiro atoms. The first kappa shape index (κ1) is 35.7. The predicted octanol–water partition coefficient (Wildman–Crippen LogP) is 8.88. The van der Waals surface area contributed by atoms with E-state index >= 15 is 0 Å². The van der Waals surface area contributed by atoms with Crippen LogP contribution >= 0.6 is 8.53 Å². The van der Waals surface area contributed by atoms with Gasteiger partial charge in [0.2, 0.25) is 5.91 Å². The molecule has 0 fully saturated rings. The second kappa shape index (κ2) is 18.3. The summed E-state index contributed by atoms with van der Waals surface area (Å²) in [6, 6.07) is 29.8. The lowest BCUT2D eigenvalue weighted by Crippen LogP contribution is -2.42. The molecular formula is C37H53N2O4P. The van der Waals surface area contributed by atoms with E-state index in [-0.39, 0.29) is 12.0 Å². The molecule has 1 amide bonds. The van der Waals surface area contributed by atoms with Crippen molar-refractivity contribution in [1.82, 2.24) is 9.99 Å². The number of hydrogen-bond donors (Lipinski definition) is 1. The van der Waals surface area contributed by atoms with Crippen LogP contribution in [0.4, 0.5) is 0 Å². The van der Waals surface area contributed by atoms with Gasteiger partial charge in [0.25, 0.3) is 8.53 Å². The fourth-order valence-corrected chi connectivity index (χ4v) is 7.34. The minimum absolute atomic E-state index is 0.0735. The molecule has 3 aromatic carbocycles. The number of carbonyl (C=O) groups excluding carboxylic acids is 1. The summed E-state index contributed by atoms with van der Waals surface area (Å²) in [6.07, 6.45) is 4.42. The van der Waals surface area contributed by atoms with Gasteiger partial charge in [-0.1, -0.05) is 85.6 Å². The van der Waals surface area contributed by atoms with E-state index in [0.717, 1.165) is 48.1 Å². The molecule has 0 aromatic heterocycles. The largest absolute Gasteiger partial charge is 0.497 e. The normalized spacial score (nSPS) is 12.7. The van der Waals surface area contributed by atoms with Crippen molar-refractivity contribution < 1.29 is 18.6 Å². The van der Waals surface area contributed by atoms with Crippen molar-refractivity contribution in [2.24, 2.45) is 0 Å². The lowest BCUT2D eigenvalue weighted by molar-refractivity contribution is -0.121. The Hall–Kier alpha value is -2.76. The summed E-state index contributed by atoms with van der Waals surface area (Å²) in [5.74, 6) is 0.879. The summed E-state index contributed by atoms with van der Waals surface area (Å²) < 4.78 is 20.2. The Bertz CT molecular complexity index is 1170. The van der Waals surface area contributed by atoms with Crippen LogP contribution in [0.2, 0.25) is 0 Å². The van der Waals surface area contributed by atoms with E-state index in [9.17, 15) is 4.79 Å². The van der Waals surface area contributed by atoms with Gasteiger partial charge in [0.1, 0.15) is 5.75 Å². The molecule has 3 rings (SSSR count). The molecule has 0 saturated carbocycles. The zero-order valence-corrected chi connectivity index (χ0v) is 28.7.